The Hall–Kier alpha value is -9.40. The number of hydrogen-bond acceptors (Lipinski definition) is 21. The summed E-state index contributed by atoms with van der Waals surface area (Å²) in [5.41, 5.74) is 2.06. The van der Waals surface area contributed by atoms with Gasteiger partial charge in [0.1, 0.15) is 30.2 Å². The zero-order valence-corrected chi connectivity index (χ0v) is 35.4. The highest BCUT2D eigenvalue weighted by Gasteiger charge is 2.37. The van der Waals surface area contributed by atoms with Crippen molar-refractivity contribution >= 4 is 23.9 Å². The molecule has 2 aliphatic carbocycles. The Morgan fingerprint density at radius 3 is 0.812 bits per heavy atom. The Balaban J connectivity index is 0.000000204. The van der Waals surface area contributed by atoms with Gasteiger partial charge in [-0.15, -0.1) is 0 Å². The second-order valence-electron chi connectivity index (χ2n) is 15.8. The van der Waals surface area contributed by atoms with E-state index in [1.54, 1.807) is 6.07 Å². The third-order valence-corrected chi connectivity index (χ3v) is 11.1. The summed E-state index contributed by atoms with van der Waals surface area (Å²) in [5.74, 6) is -12.9. The zero-order valence-electron chi connectivity index (χ0n) is 35.4. The van der Waals surface area contributed by atoms with Crippen molar-refractivity contribution < 1.29 is 105 Å². The lowest BCUT2D eigenvalue weighted by Gasteiger charge is -2.32. The van der Waals surface area contributed by atoms with Crippen LogP contribution in [-0.2, 0) is 44.6 Å². The average Bonchev–Trinajstić information content (AvgIpc) is 3.30. The zero-order chi connectivity index (χ0) is 50.0. The number of aromatic hydroxyl groups is 13. The van der Waals surface area contributed by atoms with E-state index < -0.39 is 117 Å². The van der Waals surface area contributed by atoms with Crippen LogP contribution in [0.2, 0.25) is 0 Å². The molecule has 0 saturated heterocycles. The average molecular weight is 953 g/mol. The second-order valence-corrected chi connectivity index (χ2v) is 15.8. The molecule has 0 bridgehead atoms. The standard InChI is InChI=1S/C24H20O11.C24H20O10/c25-14-2-1-10-8-19(34-23(32)12-4-15(26)21(30)16(27)5-12)20(9-11(10)3-14)35-24(33)13-6-17(28)22(31)18(29)7-13;25-15-5-13(6-16(26)21(15)29)23(31)33-19-9-11-3-1-2-4-12(11)10-20(19)34-24(32)14-7-17(27)22(30)18(28)8-14/h1-7,19-20,25-31H,8-9H2;1-8,19-20,25-30H,9-10H2/t2*19-,20+/m1./s1. The lowest BCUT2D eigenvalue weighted by atomic mass is 9.87. The van der Waals surface area contributed by atoms with Gasteiger partial charge in [0.05, 0.1) is 22.3 Å². The minimum absolute atomic E-state index is 0.0207. The Bertz CT molecular complexity index is 2830. The topological polar surface area (TPSA) is 368 Å². The first kappa shape index (κ1) is 47.6. The number of esters is 4. The van der Waals surface area contributed by atoms with E-state index in [-0.39, 0.29) is 53.7 Å². The number of fused-ring (bicyclic) bond motifs is 2. The molecule has 6 aromatic carbocycles. The van der Waals surface area contributed by atoms with Gasteiger partial charge in [0.15, 0.2) is 69.0 Å². The minimum Gasteiger partial charge on any atom is -0.508 e. The van der Waals surface area contributed by atoms with E-state index in [9.17, 15) is 85.6 Å². The number of carbonyl (C=O) groups is 4. The van der Waals surface area contributed by atoms with Gasteiger partial charge in [-0.2, -0.15) is 0 Å². The number of hydrogen-bond donors (Lipinski definition) is 13. The molecule has 0 saturated carbocycles. The summed E-state index contributed by atoms with van der Waals surface area (Å²) in [6.45, 7) is 0. The molecule has 0 heterocycles. The Morgan fingerprint density at radius 2 is 0.551 bits per heavy atom. The van der Waals surface area contributed by atoms with Gasteiger partial charge in [-0.25, -0.2) is 19.2 Å². The first-order valence-corrected chi connectivity index (χ1v) is 20.4. The molecule has 6 aromatic rings. The first-order chi connectivity index (χ1) is 32.7. The van der Waals surface area contributed by atoms with E-state index in [1.165, 1.54) is 12.1 Å². The third-order valence-electron chi connectivity index (χ3n) is 11.1. The number of carbonyl (C=O) groups excluding carboxylic acids is 4. The lowest BCUT2D eigenvalue weighted by molar-refractivity contribution is -0.0390. The van der Waals surface area contributed by atoms with Crippen LogP contribution in [0.15, 0.2) is 91.0 Å². The maximum absolute atomic E-state index is 12.7. The van der Waals surface area contributed by atoms with E-state index in [2.05, 4.69) is 0 Å². The van der Waals surface area contributed by atoms with Crippen molar-refractivity contribution in [3.8, 4) is 74.7 Å². The molecule has 358 valence electrons. The van der Waals surface area contributed by atoms with Gasteiger partial charge in [-0.05, 0) is 82.9 Å². The van der Waals surface area contributed by atoms with Gasteiger partial charge >= 0.3 is 23.9 Å². The third kappa shape index (κ3) is 10.4. The van der Waals surface area contributed by atoms with Crippen LogP contribution in [0.4, 0.5) is 0 Å². The highest BCUT2D eigenvalue weighted by molar-refractivity contribution is 5.93. The summed E-state index contributed by atoms with van der Waals surface area (Å²) in [6.07, 6.45) is -3.51. The lowest BCUT2D eigenvalue weighted by Crippen LogP contribution is -2.41. The Morgan fingerprint density at radius 1 is 0.319 bits per heavy atom. The van der Waals surface area contributed by atoms with E-state index in [0.717, 1.165) is 59.7 Å². The van der Waals surface area contributed by atoms with Crippen molar-refractivity contribution in [3.05, 3.63) is 136 Å². The predicted molar refractivity (Wildman–Crippen MR) is 232 cm³/mol. The molecule has 0 aromatic heterocycles. The fraction of sp³-hybridized carbons (Fsp3) is 0.167. The summed E-state index contributed by atoms with van der Waals surface area (Å²) >= 11 is 0. The molecule has 0 aliphatic heterocycles. The van der Waals surface area contributed by atoms with Crippen molar-refractivity contribution in [1.29, 1.82) is 0 Å². The maximum Gasteiger partial charge on any atom is 0.338 e. The van der Waals surface area contributed by atoms with Crippen molar-refractivity contribution in [3.63, 3.8) is 0 Å². The van der Waals surface area contributed by atoms with Crippen LogP contribution in [-0.4, -0.2) is 115 Å². The molecule has 0 unspecified atom stereocenters. The molecule has 13 N–H and O–H groups in total. The van der Waals surface area contributed by atoms with Crippen molar-refractivity contribution in [2.75, 3.05) is 0 Å². The van der Waals surface area contributed by atoms with Crippen molar-refractivity contribution in [2.24, 2.45) is 0 Å². The van der Waals surface area contributed by atoms with Crippen LogP contribution in [0, 0.1) is 0 Å². The summed E-state index contributed by atoms with van der Waals surface area (Å²) in [4.78, 5) is 50.9. The molecular formula is C48H40O21. The summed E-state index contributed by atoms with van der Waals surface area (Å²) in [7, 11) is 0. The SMILES string of the molecule is O=C(O[C@H]1Cc2cc(O)ccc2C[C@H]1OC(=O)c1cc(O)c(O)c(O)c1)c1cc(O)c(O)c(O)c1.O=C(O[C@H]1Cc2ccccc2C[C@H]1OC(=O)c1cc(O)c(O)c(O)c1)c1cc(O)c(O)c(O)c1. The van der Waals surface area contributed by atoms with Gasteiger partial charge in [0, 0.05) is 25.7 Å². The quantitative estimate of drug-likeness (QED) is 0.0561. The highest BCUT2D eigenvalue weighted by atomic mass is 16.6. The van der Waals surface area contributed by atoms with Crippen LogP contribution >= 0.6 is 0 Å². The van der Waals surface area contributed by atoms with Crippen LogP contribution in [0.5, 0.6) is 74.7 Å². The van der Waals surface area contributed by atoms with Gasteiger partial charge < -0.3 is 85.3 Å². The van der Waals surface area contributed by atoms with E-state index >= 15 is 0 Å². The smallest absolute Gasteiger partial charge is 0.338 e. The monoisotopic (exact) mass is 952 g/mol. The highest BCUT2D eigenvalue weighted by Crippen LogP contribution is 2.40. The molecule has 0 spiro atoms. The first-order valence-electron chi connectivity index (χ1n) is 20.4. The van der Waals surface area contributed by atoms with Crippen molar-refractivity contribution in [1.82, 2.24) is 0 Å². The molecule has 21 nitrogen and oxygen atoms in total. The number of phenolic OH excluding ortho intramolecular Hbond substituents is 13. The largest absolute Gasteiger partial charge is 0.508 e. The molecule has 4 atom stereocenters. The van der Waals surface area contributed by atoms with E-state index in [0.29, 0.717) is 11.1 Å². The molecule has 0 fully saturated rings. The molecule has 21 heteroatoms. The minimum atomic E-state index is -1.07. The van der Waals surface area contributed by atoms with Crippen LogP contribution < -0.4 is 0 Å². The predicted octanol–water partition coefficient (Wildman–Crippen LogP) is 4.65. The Labute approximate surface area is 388 Å². The van der Waals surface area contributed by atoms with E-state index in [1.807, 2.05) is 24.3 Å². The number of phenols is 13. The summed E-state index contributed by atoms with van der Waals surface area (Å²) in [5, 5.41) is 125. The summed E-state index contributed by atoms with van der Waals surface area (Å²) < 4.78 is 22.1. The van der Waals surface area contributed by atoms with Gasteiger partial charge in [-0.3, -0.25) is 0 Å². The molecule has 2 aliphatic rings. The second kappa shape index (κ2) is 19.2. The van der Waals surface area contributed by atoms with Gasteiger partial charge in [0.25, 0.3) is 0 Å². The Kier molecular flexibility index (Phi) is 13.2. The normalized spacial score (nSPS) is 16.9. The molecule has 0 amide bonds. The molecule has 69 heavy (non-hydrogen) atoms. The van der Waals surface area contributed by atoms with Crippen LogP contribution in [0.25, 0.3) is 0 Å². The number of ether oxygens (including phenoxy) is 4. The fourth-order valence-corrected chi connectivity index (χ4v) is 7.53. The molecular weight excluding hydrogens is 913 g/mol. The maximum atomic E-state index is 12.7. The molecule has 8 rings (SSSR count). The fourth-order valence-electron chi connectivity index (χ4n) is 7.53. The van der Waals surface area contributed by atoms with Gasteiger partial charge in [-0.1, -0.05) is 30.3 Å². The van der Waals surface area contributed by atoms with Gasteiger partial charge in [0.2, 0.25) is 0 Å². The van der Waals surface area contributed by atoms with Crippen molar-refractivity contribution in [2.45, 2.75) is 50.1 Å². The molecule has 0 radical (unpaired) electrons. The summed E-state index contributed by atoms with van der Waals surface area (Å²) in [6, 6.07) is 19.1. The van der Waals surface area contributed by atoms with Crippen LogP contribution in [0.3, 0.4) is 0 Å². The number of benzene rings is 6. The van der Waals surface area contributed by atoms with E-state index in [4.69, 9.17) is 18.9 Å². The van der Waals surface area contributed by atoms with Crippen LogP contribution in [0.1, 0.15) is 63.7 Å². The number of rotatable bonds is 8.